The Labute approximate surface area is 196 Å². The van der Waals surface area contributed by atoms with E-state index in [9.17, 15) is 5.26 Å². The van der Waals surface area contributed by atoms with Crippen LogP contribution in [0.25, 0.3) is 16.0 Å². The Morgan fingerprint density at radius 3 is 2.58 bits per heavy atom. The number of ether oxygens (including phenoxy) is 3. The molecule has 33 heavy (non-hydrogen) atoms. The van der Waals surface area contributed by atoms with Crippen molar-refractivity contribution in [3.63, 3.8) is 0 Å². The largest absolute Gasteiger partial charge is 0.491 e. The smallest absolute Gasteiger partial charge is 0.236 e. The minimum atomic E-state index is -0.599. The van der Waals surface area contributed by atoms with Gasteiger partial charge in [-0.15, -0.1) is 0 Å². The van der Waals surface area contributed by atoms with Gasteiger partial charge in [-0.1, -0.05) is 42.1 Å². The van der Waals surface area contributed by atoms with Crippen molar-refractivity contribution < 1.29 is 14.2 Å². The molecule has 0 radical (unpaired) electrons. The normalized spacial score (nSPS) is 16.7. The molecule has 4 rings (SSSR count). The molecular weight excluding hydrogens is 436 g/mol. The Hall–Kier alpha value is -3.56. The summed E-state index contributed by atoms with van der Waals surface area (Å²) in [7, 11) is 0. The summed E-state index contributed by atoms with van der Waals surface area (Å²) in [5, 5.41) is 10.4. The molecule has 166 valence electrons. The van der Waals surface area contributed by atoms with Gasteiger partial charge in [0.1, 0.15) is 35.4 Å². The second-order valence-corrected chi connectivity index (χ2v) is 8.89. The number of nitrogens with two attached hydrogens (primary N) is 1. The minimum absolute atomic E-state index is 0.0961. The highest BCUT2D eigenvalue weighted by molar-refractivity contribution is 7.99. The van der Waals surface area contributed by atoms with Crippen LogP contribution in [0.5, 0.6) is 5.75 Å². The maximum atomic E-state index is 9.95. The molecule has 2 heterocycles. The van der Waals surface area contributed by atoms with E-state index in [1.54, 1.807) is 12.1 Å². The number of pyridine rings is 1. The standard InChI is InChI=1S/C25H22N4O3S/c1-25(2)31-15-18(32-25)14-30-17-11-9-16(10-12-17)21-20(13-26)24(29-23(27)22(21)28-3)33-19-7-5-4-6-8-19/h4-12,18H,14-15H2,1-2H3,(H2,27,29). The van der Waals surface area contributed by atoms with E-state index in [1.165, 1.54) is 11.8 Å². The predicted molar refractivity (Wildman–Crippen MR) is 126 cm³/mol. The first-order valence-corrected chi connectivity index (χ1v) is 11.1. The Bertz CT molecular complexity index is 1230. The highest BCUT2D eigenvalue weighted by atomic mass is 32.2. The zero-order valence-corrected chi connectivity index (χ0v) is 19.1. The number of nitrogen functional groups attached to an aromatic ring is 1. The van der Waals surface area contributed by atoms with E-state index in [0.717, 1.165) is 4.90 Å². The summed E-state index contributed by atoms with van der Waals surface area (Å²) in [5.41, 5.74) is 7.76. The van der Waals surface area contributed by atoms with E-state index in [-0.39, 0.29) is 17.6 Å². The Morgan fingerprint density at radius 2 is 1.97 bits per heavy atom. The van der Waals surface area contributed by atoms with Crippen molar-refractivity contribution in [2.45, 2.75) is 35.7 Å². The highest BCUT2D eigenvalue weighted by Crippen LogP contribution is 2.43. The van der Waals surface area contributed by atoms with Crippen molar-refractivity contribution in [1.29, 1.82) is 5.26 Å². The summed E-state index contributed by atoms with van der Waals surface area (Å²) in [6, 6.07) is 19.0. The third-order valence-electron chi connectivity index (χ3n) is 4.99. The Kier molecular flexibility index (Phi) is 6.52. The van der Waals surface area contributed by atoms with Gasteiger partial charge in [0, 0.05) is 10.5 Å². The topological polar surface area (TPSA) is 94.8 Å². The van der Waals surface area contributed by atoms with Crippen molar-refractivity contribution in [2.75, 3.05) is 18.9 Å². The van der Waals surface area contributed by atoms with Gasteiger partial charge in [0.25, 0.3) is 0 Å². The summed E-state index contributed by atoms with van der Waals surface area (Å²) < 4.78 is 17.2. The molecule has 2 aromatic carbocycles. The van der Waals surface area contributed by atoms with Crippen molar-refractivity contribution in [1.82, 2.24) is 4.98 Å². The van der Waals surface area contributed by atoms with Gasteiger partial charge in [-0.25, -0.2) is 9.83 Å². The number of aromatic nitrogens is 1. The molecule has 1 saturated heterocycles. The Morgan fingerprint density at radius 1 is 1.24 bits per heavy atom. The third-order valence-corrected chi connectivity index (χ3v) is 5.99. The molecule has 0 aliphatic carbocycles. The number of nitriles is 1. The molecule has 1 aliphatic heterocycles. The fourth-order valence-electron chi connectivity index (χ4n) is 3.50. The van der Waals surface area contributed by atoms with E-state index < -0.39 is 5.79 Å². The maximum Gasteiger partial charge on any atom is 0.236 e. The van der Waals surface area contributed by atoms with Crippen LogP contribution in [-0.4, -0.2) is 30.1 Å². The summed E-state index contributed by atoms with van der Waals surface area (Å²) >= 11 is 1.34. The molecule has 0 spiro atoms. The van der Waals surface area contributed by atoms with Crippen LogP contribution in [0.4, 0.5) is 11.5 Å². The van der Waals surface area contributed by atoms with E-state index in [1.807, 2.05) is 56.3 Å². The second-order valence-electron chi connectivity index (χ2n) is 7.83. The van der Waals surface area contributed by atoms with Gasteiger partial charge < -0.3 is 19.9 Å². The first-order chi connectivity index (χ1) is 15.9. The number of benzene rings is 2. The van der Waals surface area contributed by atoms with Gasteiger partial charge in [0.15, 0.2) is 5.79 Å². The van der Waals surface area contributed by atoms with Crippen molar-refractivity contribution >= 4 is 23.3 Å². The quantitative estimate of drug-likeness (QED) is 0.492. The van der Waals surface area contributed by atoms with Crippen LogP contribution in [0.3, 0.4) is 0 Å². The van der Waals surface area contributed by atoms with E-state index in [4.69, 9.17) is 26.5 Å². The molecule has 8 heteroatoms. The molecule has 1 atom stereocenters. The third kappa shape index (κ3) is 5.10. The first kappa shape index (κ1) is 22.6. The lowest BCUT2D eigenvalue weighted by Crippen LogP contribution is -2.25. The van der Waals surface area contributed by atoms with E-state index in [0.29, 0.717) is 40.7 Å². The number of anilines is 1. The lowest BCUT2D eigenvalue weighted by atomic mass is 10.00. The van der Waals surface area contributed by atoms with Gasteiger partial charge in [0.05, 0.1) is 18.7 Å². The second kappa shape index (κ2) is 9.51. The van der Waals surface area contributed by atoms with Gasteiger partial charge in [-0.3, -0.25) is 0 Å². The molecule has 1 aromatic heterocycles. The minimum Gasteiger partial charge on any atom is -0.491 e. The fourth-order valence-corrected chi connectivity index (χ4v) is 4.41. The van der Waals surface area contributed by atoms with Gasteiger partial charge >= 0.3 is 0 Å². The molecule has 1 fully saturated rings. The lowest BCUT2D eigenvalue weighted by molar-refractivity contribution is -0.141. The van der Waals surface area contributed by atoms with Crippen LogP contribution in [0, 0.1) is 17.9 Å². The molecule has 1 aliphatic rings. The van der Waals surface area contributed by atoms with Gasteiger partial charge in [-0.2, -0.15) is 5.26 Å². The predicted octanol–water partition coefficient (Wildman–Crippen LogP) is 5.43. The number of hydrogen-bond acceptors (Lipinski definition) is 7. The summed E-state index contributed by atoms with van der Waals surface area (Å²) in [5.74, 6) is 0.146. The maximum absolute atomic E-state index is 9.95. The monoisotopic (exact) mass is 458 g/mol. The van der Waals surface area contributed by atoms with Crippen LogP contribution in [0.15, 0.2) is 64.5 Å². The summed E-state index contributed by atoms with van der Waals surface area (Å²) in [6.07, 6.45) is -0.142. The average Bonchev–Trinajstić information content (AvgIpc) is 3.17. The molecule has 3 aromatic rings. The van der Waals surface area contributed by atoms with Gasteiger partial charge in [0.2, 0.25) is 5.69 Å². The molecule has 0 saturated carbocycles. The Balaban J connectivity index is 1.62. The number of hydrogen-bond donors (Lipinski definition) is 1. The summed E-state index contributed by atoms with van der Waals surface area (Å²) in [6.45, 7) is 12.2. The first-order valence-electron chi connectivity index (χ1n) is 10.3. The molecule has 0 bridgehead atoms. The fraction of sp³-hybridized carbons (Fsp3) is 0.240. The zero-order valence-electron chi connectivity index (χ0n) is 18.2. The van der Waals surface area contributed by atoms with E-state index in [2.05, 4.69) is 15.9 Å². The average molecular weight is 459 g/mol. The van der Waals surface area contributed by atoms with Crippen LogP contribution in [0.2, 0.25) is 0 Å². The molecular formula is C25H22N4O3S. The SMILES string of the molecule is [C-]#[N+]c1c(N)nc(Sc2ccccc2)c(C#N)c1-c1ccc(OCC2COC(C)(C)O2)cc1. The van der Waals surface area contributed by atoms with Crippen LogP contribution >= 0.6 is 11.8 Å². The van der Waals surface area contributed by atoms with Crippen LogP contribution in [0.1, 0.15) is 19.4 Å². The number of rotatable bonds is 6. The van der Waals surface area contributed by atoms with Crippen molar-refractivity contribution in [2.24, 2.45) is 0 Å². The van der Waals surface area contributed by atoms with Crippen molar-refractivity contribution in [3.05, 3.63) is 71.6 Å². The summed E-state index contributed by atoms with van der Waals surface area (Å²) in [4.78, 5) is 8.84. The van der Waals surface area contributed by atoms with Crippen LogP contribution < -0.4 is 10.5 Å². The molecule has 2 N–H and O–H groups in total. The molecule has 1 unspecified atom stereocenters. The zero-order chi connectivity index (χ0) is 23.4. The van der Waals surface area contributed by atoms with Gasteiger partial charge in [-0.05, 0) is 43.7 Å². The number of nitrogens with zero attached hydrogens (tertiary/aromatic N) is 3. The molecule has 0 amide bonds. The van der Waals surface area contributed by atoms with Crippen molar-refractivity contribution in [3.8, 4) is 22.9 Å². The van der Waals surface area contributed by atoms with E-state index >= 15 is 0 Å². The van der Waals surface area contributed by atoms with Crippen LogP contribution in [-0.2, 0) is 9.47 Å². The molecule has 7 nitrogen and oxygen atoms in total. The lowest BCUT2D eigenvalue weighted by Gasteiger charge is -2.17. The highest BCUT2D eigenvalue weighted by Gasteiger charge is 2.33.